The Bertz CT molecular complexity index is 1580. The van der Waals surface area contributed by atoms with Crippen LogP contribution in [0.5, 0.6) is 0 Å². The van der Waals surface area contributed by atoms with Crippen LogP contribution in [0, 0.1) is 34.5 Å². The smallest absolute Gasteiger partial charge is 0.462 e. The number of rotatable bonds is 12. The number of alkyl halides is 2. The number of carbonyl (C=O) groups is 3. The lowest BCUT2D eigenvalue weighted by Crippen LogP contribution is -2.49. The number of ether oxygens (including phenoxy) is 5. The molecule has 53 heavy (non-hydrogen) atoms. The molecule has 1 aliphatic heterocycles. The second-order valence-corrected chi connectivity index (χ2v) is 18.7. The van der Waals surface area contributed by atoms with Gasteiger partial charge in [-0.15, -0.1) is 0 Å². The van der Waals surface area contributed by atoms with Gasteiger partial charge in [0.05, 0.1) is 10.8 Å². The molecule has 4 fully saturated rings. The molecule has 9 atom stereocenters. The molecule has 0 radical (unpaired) electrons. The minimum absolute atomic E-state index is 0.0154. The molecular weight excluding hydrogens is 714 g/mol. The van der Waals surface area contributed by atoms with Gasteiger partial charge in [0.25, 0.3) is 0 Å². The van der Waals surface area contributed by atoms with Gasteiger partial charge in [0.15, 0.2) is 6.29 Å². The molecule has 9 unspecified atom stereocenters. The van der Waals surface area contributed by atoms with Gasteiger partial charge < -0.3 is 23.7 Å². The lowest BCUT2D eigenvalue weighted by Gasteiger charge is -2.44. The number of hydrogen-bond donors (Lipinski definition) is 1. The van der Waals surface area contributed by atoms with Crippen molar-refractivity contribution in [3.05, 3.63) is 23.3 Å². The monoisotopic (exact) mass is 770 g/mol. The average Bonchev–Trinajstić information content (AvgIpc) is 3.51. The number of esters is 3. The second kappa shape index (κ2) is 15.3. The van der Waals surface area contributed by atoms with Crippen LogP contribution in [0.3, 0.4) is 0 Å². The van der Waals surface area contributed by atoms with Gasteiger partial charge in [-0.2, -0.15) is 17.2 Å². The number of fused-ring (bicyclic) bond motifs is 4. The first-order chi connectivity index (χ1) is 24.9. The third-order valence-electron chi connectivity index (χ3n) is 12.9. The SMILES string of the molecule is CCC1CC(CC)CC(C)(C(=O)OCC2OC(C3C=C4CCCC(OC(=O)C(F)(F)S(=O)(=O)O)(C4)C3)OC2COC(=O)C23CCCC(=CC(C)C2)C3)C1. The highest BCUT2D eigenvalue weighted by Gasteiger charge is 2.58. The lowest BCUT2D eigenvalue weighted by molar-refractivity contribution is -0.187. The fraction of sp³-hybridized carbons (Fsp3) is 0.821. The summed E-state index contributed by atoms with van der Waals surface area (Å²) < 4.78 is 90.4. The van der Waals surface area contributed by atoms with Gasteiger partial charge >= 0.3 is 33.3 Å². The van der Waals surface area contributed by atoms with E-state index in [-0.39, 0.29) is 50.3 Å². The fourth-order valence-corrected chi connectivity index (χ4v) is 10.6. The molecule has 11 nitrogen and oxygen atoms in total. The maximum Gasteiger partial charge on any atom is 0.465 e. The van der Waals surface area contributed by atoms with Crippen LogP contribution in [0.4, 0.5) is 8.78 Å². The minimum atomic E-state index is -6.05. The fourth-order valence-electron chi connectivity index (χ4n) is 10.4. The van der Waals surface area contributed by atoms with E-state index in [0.717, 1.165) is 56.9 Å². The molecule has 0 aromatic rings. The number of hydrogen-bond acceptors (Lipinski definition) is 10. The second-order valence-electron chi connectivity index (χ2n) is 17.3. The molecule has 1 N–H and O–H groups in total. The predicted octanol–water partition coefficient (Wildman–Crippen LogP) is 7.24. The molecule has 14 heteroatoms. The van der Waals surface area contributed by atoms with Crippen molar-refractivity contribution in [2.45, 2.75) is 153 Å². The van der Waals surface area contributed by atoms with E-state index in [4.69, 9.17) is 28.2 Å². The summed E-state index contributed by atoms with van der Waals surface area (Å²) in [7, 11) is -6.05. The highest BCUT2D eigenvalue weighted by molar-refractivity contribution is 7.87. The number of halogens is 2. The van der Waals surface area contributed by atoms with Gasteiger partial charge in [0.1, 0.15) is 31.0 Å². The molecular formula is C39H56F2O11S. The molecule has 4 bridgehead atoms. The molecule has 1 heterocycles. The van der Waals surface area contributed by atoms with Gasteiger partial charge in [-0.25, -0.2) is 4.79 Å². The van der Waals surface area contributed by atoms with Crippen LogP contribution < -0.4 is 0 Å². The van der Waals surface area contributed by atoms with Crippen LogP contribution in [-0.4, -0.2) is 73.4 Å². The summed E-state index contributed by atoms with van der Waals surface area (Å²) in [6.45, 7) is 8.05. The Morgan fingerprint density at radius 3 is 2.08 bits per heavy atom. The zero-order chi connectivity index (χ0) is 38.4. The van der Waals surface area contributed by atoms with Crippen LogP contribution in [0.1, 0.15) is 124 Å². The van der Waals surface area contributed by atoms with Crippen molar-refractivity contribution in [2.24, 2.45) is 34.5 Å². The van der Waals surface area contributed by atoms with E-state index in [1.165, 1.54) is 5.57 Å². The van der Waals surface area contributed by atoms with Gasteiger partial charge in [-0.05, 0) is 102 Å². The summed E-state index contributed by atoms with van der Waals surface area (Å²) in [6.07, 6.45) is 11.5. The first-order valence-corrected chi connectivity index (χ1v) is 21.0. The van der Waals surface area contributed by atoms with Gasteiger partial charge in [-0.3, -0.25) is 14.1 Å². The van der Waals surface area contributed by atoms with Gasteiger partial charge in [-0.1, -0.05) is 56.9 Å². The van der Waals surface area contributed by atoms with E-state index < -0.39 is 62.2 Å². The first-order valence-electron chi connectivity index (χ1n) is 19.5. The quantitative estimate of drug-likeness (QED) is 0.0926. The van der Waals surface area contributed by atoms with Crippen molar-refractivity contribution < 1.29 is 59.8 Å². The third kappa shape index (κ3) is 8.40. The van der Waals surface area contributed by atoms with Crippen molar-refractivity contribution >= 4 is 28.0 Å². The predicted molar refractivity (Wildman–Crippen MR) is 188 cm³/mol. The van der Waals surface area contributed by atoms with Gasteiger partial charge in [0.2, 0.25) is 0 Å². The highest BCUT2D eigenvalue weighted by Crippen LogP contribution is 2.50. The van der Waals surface area contributed by atoms with E-state index >= 15 is 0 Å². The van der Waals surface area contributed by atoms with E-state index in [9.17, 15) is 31.6 Å². The van der Waals surface area contributed by atoms with Crippen LogP contribution in [0.15, 0.2) is 23.3 Å². The number of carbonyl (C=O) groups excluding carboxylic acids is 3. The summed E-state index contributed by atoms with van der Waals surface area (Å²) in [5, 5.41) is -5.13. The van der Waals surface area contributed by atoms with E-state index in [1.807, 2.05) is 13.0 Å². The summed E-state index contributed by atoms with van der Waals surface area (Å²) in [4.78, 5) is 40.0. The third-order valence-corrected chi connectivity index (χ3v) is 13.7. The zero-order valence-corrected chi connectivity index (χ0v) is 32.2. The van der Waals surface area contributed by atoms with Crippen molar-refractivity contribution in [3.8, 4) is 0 Å². The summed E-state index contributed by atoms with van der Waals surface area (Å²) in [6, 6.07) is 0. The summed E-state index contributed by atoms with van der Waals surface area (Å²) >= 11 is 0. The molecule has 0 aromatic heterocycles. The lowest BCUT2D eigenvalue weighted by atomic mass is 9.64. The maximum atomic E-state index is 14.3. The van der Waals surface area contributed by atoms with Gasteiger partial charge in [0, 0.05) is 12.3 Å². The molecule has 3 saturated carbocycles. The average molecular weight is 771 g/mol. The Balaban J connectivity index is 1.19. The molecule has 1 saturated heterocycles. The Hall–Kier alpha value is -2.42. The Labute approximate surface area is 311 Å². The van der Waals surface area contributed by atoms with Crippen molar-refractivity contribution in [1.29, 1.82) is 0 Å². The molecule has 5 aliphatic carbocycles. The Morgan fingerprint density at radius 1 is 0.887 bits per heavy atom. The zero-order valence-electron chi connectivity index (χ0n) is 31.4. The standard InChI is InChI=1S/C39H56F2O11S/c1-5-25-14-26(6-2)18-36(4,17-25)33(42)48-22-30-31(23-49-34(43)37-11-7-9-27(19-37)13-24(3)16-37)51-32(50-30)29-15-28-10-8-12-38(20-28,21-29)52-35(44)39(40,41)53(45,46)47/h13,15,24-26,29-32H,5-12,14,16-23H2,1-4H3,(H,45,46,47). The summed E-state index contributed by atoms with van der Waals surface area (Å²) in [5.74, 6) is -2.45. The molecule has 6 rings (SSSR count). The molecule has 6 aliphatic rings. The van der Waals surface area contributed by atoms with Crippen LogP contribution in [0.2, 0.25) is 0 Å². The highest BCUT2D eigenvalue weighted by atomic mass is 32.2. The van der Waals surface area contributed by atoms with E-state index in [1.54, 1.807) is 0 Å². The van der Waals surface area contributed by atoms with E-state index in [0.29, 0.717) is 37.5 Å². The first kappa shape index (κ1) is 40.2. The molecule has 0 spiro atoms. The molecule has 298 valence electrons. The van der Waals surface area contributed by atoms with Crippen LogP contribution >= 0.6 is 0 Å². The van der Waals surface area contributed by atoms with Crippen molar-refractivity contribution in [3.63, 3.8) is 0 Å². The Morgan fingerprint density at radius 2 is 1.47 bits per heavy atom. The van der Waals surface area contributed by atoms with Crippen molar-refractivity contribution in [1.82, 2.24) is 0 Å². The largest absolute Gasteiger partial charge is 0.465 e. The maximum absolute atomic E-state index is 14.3. The summed E-state index contributed by atoms with van der Waals surface area (Å²) in [5.41, 5.74) is -0.635. The normalized spacial score (nSPS) is 38.7. The number of allylic oxidation sites excluding steroid dienone is 2. The molecule has 0 amide bonds. The minimum Gasteiger partial charge on any atom is -0.462 e. The Kier molecular flexibility index (Phi) is 11.6. The van der Waals surface area contributed by atoms with Crippen LogP contribution in [0.25, 0.3) is 0 Å². The molecule has 0 aromatic carbocycles. The van der Waals surface area contributed by atoms with E-state index in [2.05, 4.69) is 26.8 Å². The van der Waals surface area contributed by atoms with Crippen molar-refractivity contribution in [2.75, 3.05) is 13.2 Å². The topological polar surface area (TPSA) is 152 Å². The van der Waals surface area contributed by atoms with Crippen LogP contribution in [-0.2, 0) is 48.2 Å².